The first-order chi connectivity index (χ1) is 9.69. The highest BCUT2D eigenvalue weighted by Crippen LogP contribution is 2.42. The van der Waals surface area contributed by atoms with Gasteiger partial charge in [-0.3, -0.25) is 0 Å². The van der Waals surface area contributed by atoms with Crippen LogP contribution in [-0.4, -0.2) is 7.05 Å². The van der Waals surface area contributed by atoms with E-state index in [9.17, 15) is 0 Å². The molecule has 3 rings (SSSR count). The Labute approximate surface area is 128 Å². The molecule has 0 aliphatic heterocycles. The molecule has 1 nitrogen and oxygen atoms in total. The maximum absolute atomic E-state index is 3.64. The molecule has 0 spiro atoms. The van der Waals surface area contributed by atoms with Crippen molar-refractivity contribution < 1.29 is 0 Å². The van der Waals surface area contributed by atoms with E-state index in [1.165, 1.54) is 44.9 Å². The van der Waals surface area contributed by atoms with Crippen molar-refractivity contribution in [3.8, 4) is 0 Å². The van der Waals surface area contributed by atoms with Gasteiger partial charge < -0.3 is 5.32 Å². The van der Waals surface area contributed by atoms with Gasteiger partial charge in [-0.05, 0) is 75.0 Å². The van der Waals surface area contributed by atoms with E-state index >= 15 is 0 Å². The topological polar surface area (TPSA) is 12.0 Å². The van der Waals surface area contributed by atoms with Crippen molar-refractivity contribution in [3.05, 3.63) is 21.4 Å². The lowest BCUT2D eigenvalue weighted by Gasteiger charge is -2.36. The third kappa shape index (κ3) is 2.82. The summed E-state index contributed by atoms with van der Waals surface area (Å²) in [4.78, 5) is 3.30. The summed E-state index contributed by atoms with van der Waals surface area (Å²) in [7, 11) is 2.16. The zero-order valence-corrected chi connectivity index (χ0v) is 14.1. The second-order valence-corrected chi connectivity index (χ2v) is 8.27. The number of thiophene rings is 1. The van der Waals surface area contributed by atoms with Gasteiger partial charge in [0, 0.05) is 15.8 Å². The van der Waals surface area contributed by atoms with Crippen molar-refractivity contribution in [2.24, 2.45) is 17.8 Å². The highest BCUT2D eigenvalue weighted by atomic mass is 32.1. The predicted octanol–water partition coefficient (Wildman–Crippen LogP) is 4.96. The molecule has 1 saturated carbocycles. The lowest BCUT2D eigenvalue weighted by molar-refractivity contribution is 0.176. The van der Waals surface area contributed by atoms with Gasteiger partial charge >= 0.3 is 0 Å². The molecule has 112 valence electrons. The normalized spacial score (nSPS) is 31.9. The maximum Gasteiger partial charge on any atom is 0.0441 e. The van der Waals surface area contributed by atoms with Crippen LogP contribution < -0.4 is 5.32 Å². The second kappa shape index (κ2) is 6.19. The molecule has 1 fully saturated rings. The van der Waals surface area contributed by atoms with Gasteiger partial charge in [-0.1, -0.05) is 20.3 Å². The summed E-state index contributed by atoms with van der Waals surface area (Å²) in [5, 5.41) is 3.64. The van der Waals surface area contributed by atoms with Gasteiger partial charge in [0.15, 0.2) is 0 Å². The summed E-state index contributed by atoms with van der Waals surface area (Å²) < 4.78 is 0. The number of aryl methyl sites for hydroxylation is 2. The van der Waals surface area contributed by atoms with Crippen molar-refractivity contribution in [3.63, 3.8) is 0 Å². The molecule has 4 unspecified atom stereocenters. The molecular formula is C18H29NS. The molecule has 1 aromatic heterocycles. The van der Waals surface area contributed by atoms with E-state index in [4.69, 9.17) is 0 Å². The molecule has 0 radical (unpaired) electrons. The Kier molecular flexibility index (Phi) is 4.52. The Hall–Kier alpha value is -0.340. The fourth-order valence-electron chi connectivity index (χ4n) is 4.17. The number of fused-ring (bicyclic) bond motifs is 1. The van der Waals surface area contributed by atoms with E-state index in [-0.39, 0.29) is 0 Å². The summed E-state index contributed by atoms with van der Waals surface area (Å²) in [5.41, 5.74) is 1.66. The molecule has 20 heavy (non-hydrogen) atoms. The predicted molar refractivity (Wildman–Crippen MR) is 88.4 cm³/mol. The van der Waals surface area contributed by atoms with Crippen molar-refractivity contribution >= 4 is 11.3 Å². The molecular weight excluding hydrogens is 262 g/mol. The average molecular weight is 292 g/mol. The van der Waals surface area contributed by atoms with Crippen LogP contribution in [0.3, 0.4) is 0 Å². The van der Waals surface area contributed by atoms with Crippen LogP contribution in [0.4, 0.5) is 0 Å². The highest BCUT2D eigenvalue weighted by Gasteiger charge is 2.31. The molecule has 0 aromatic carbocycles. The van der Waals surface area contributed by atoms with Gasteiger partial charge in [0.1, 0.15) is 0 Å². The Bertz CT molecular complexity index is 427. The fourth-order valence-corrected chi connectivity index (χ4v) is 5.63. The molecule has 0 saturated heterocycles. The number of hydrogen-bond donors (Lipinski definition) is 1. The van der Waals surface area contributed by atoms with Crippen molar-refractivity contribution in [1.82, 2.24) is 5.32 Å². The Morgan fingerprint density at radius 2 is 1.95 bits per heavy atom. The summed E-state index contributed by atoms with van der Waals surface area (Å²) in [5.74, 6) is 2.64. The van der Waals surface area contributed by atoms with Gasteiger partial charge in [-0.15, -0.1) is 11.3 Å². The van der Waals surface area contributed by atoms with Crippen LogP contribution in [0.25, 0.3) is 0 Å². The van der Waals surface area contributed by atoms with Gasteiger partial charge in [-0.2, -0.15) is 0 Å². The highest BCUT2D eigenvalue weighted by molar-refractivity contribution is 7.12. The standard InChI is InChI=1S/C18H29NS/c1-12-8-9-15(10-13(12)2)18(19-3)17-11-14-6-4-5-7-16(14)20-17/h11-13,15,18-19H,4-10H2,1-3H3. The first-order valence-electron chi connectivity index (χ1n) is 8.47. The van der Waals surface area contributed by atoms with Crippen molar-refractivity contribution in [1.29, 1.82) is 0 Å². The van der Waals surface area contributed by atoms with Crippen LogP contribution in [0.2, 0.25) is 0 Å². The lowest BCUT2D eigenvalue weighted by Crippen LogP contribution is -2.31. The van der Waals surface area contributed by atoms with E-state index in [2.05, 4.69) is 43.6 Å². The maximum atomic E-state index is 3.64. The molecule has 1 N–H and O–H groups in total. The SMILES string of the molecule is CNC(c1cc2c(s1)CCCC2)C1CCC(C)C(C)C1. The van der Waals surface area contributed by atoms with E-state index < -0.39 is 0 Å². The average Bonchev–Trinajstić information content (AvgIpc) is 2.87. The van der Waals surface area contributed by atoms with Gasteiger partial charge in [-0.25, -0.2) is 0 Å². The minimum absolute atomic E-state index is 0.598. The van der Waals surface area contributed by atoms with Crippen LogP contribution in [0.1, 0.15) is 67.3 Å². The molecule has 0 amide bonds. The van der Waals surface area contributed by atoms with Crippen LogP contribution in [-0.2, 0) is 12.8 Å². The van der Waals surface area contributed by atoms with Crippen molar-refractivity contribution in [2.75, 3.05) is 7.05 Å². The summed E-state index contributed by atoms with van der Waals surface area (Å²) in [6.45, 7) is 4.88. The largest absolute Gasteiger partial charge is 0.312 e. The van der Waals surface area contributed by atoms with E-state index in [1.54, 1.807) is 15.3 Å². The Morgan fingerprint density at radius 1 is 1.15 bits per heavy atom. The van der Waals surface area contributed by atoms with Crippen LogP contribution >= 0.6 is 11.3 Å². The van der Waals surface area contributed by atoms with E-state index in [0.717, 1.165) is 17.8 Å². The third-order valence-electron chi connectivity index (χ3n) is 5.74. The Balaban J connectivity index is 1.77. The van der Waals surface area contributed by atoms with Crippen LogP contribution in [0.5, 0.6) is 0 Å². The molecule has 1 aromatic rings. The quantitative estimate of drug-likeness (QED) is 0.830. The Morgan fingerprint density at radius 3 is 2.65 bits per heavy atom. The molecule has 1 heterocycles. The molecule has 4 atom stereocenters. The zero-order chi connectivity index (χ0) is 14.1. The van der Waals surface area contributed by atoms with E-state index in [1.807, 2.05) is 0 Å². The van der Waals surface area contributed by atoms with Gasteiger partial charge in [0.05, 0.1) is 0 Å². The first-order valence-corrected chi connectivity index (χ1v) is 9.29. The van der Waals surface area contributed by atoms with Crippen molar-refractivity contribution in [2.45, 2.75) is 64.8 Å². The molecule has 0 bridgehead atoms. The lowest BCUT2D eigenvalue weighted by atomic mass is 9.73. The monoisotopic (exact) mass is 291 g/mol. The van der Waals surface area contributed by atoms with E-state index in [0.29, 0.717) is 6.04 Å². The minimum Gasteiger partial charge on any atom is -0.312 e. The number of nitrogens with one attached hydrogen (secondary N) is 1. The number of rotatable bonds is 3. The van der Waals surface area contributed by atoms with Gasteiger partial charge in [0.25, 0.3) is 0 Å². The first kappa shape index (κ1) is 14.6. The molecule has 2 aliphatic rings. The smallest absolute Gasteiger partial charge is 0.0441 e. The summed E-state index contributed by atoms with van der Waals surface area (Å²) in [6.07, 6.45) is 9.65. The van der Waals surface area contributed by atoms with Crippen LogP contribution in [0.15, 0.2) is 6.07 Å². The van der Waals surface area contributed by atoms with Crippen LogP contribution in [0, 0.1) is 17.8 Å². The second-order valence-electron chi connectivity index (χ2n) is 7.10. The number of hydrogen-bond acceptors (Lipinski definition) is 2. The zero-order valence-electron chi connectivity index (χ0n) is 13.2. The molecule has 2 heteroatoms. The third-order valence-corrected chi connectivity index (χ3v) is 7.06. The fraction of sp³-hybridized carbons (Fsp3) is 0.778. The summed E-state index contributed by atoms with van der Waals surface area (Å²) in [6, 6.07) is 3.13. The van der Waals surface area contributed by atoms with Gasteiger partial charge in [0.2, 0.25) is 0 Å². The minimum atomic E-state index is 0.598. The molecule has 2 aliphatic carbocycles. The summed E-state index contributed by atoms with van der Waals surface area (Å²) >= 11 is 2.10.